The highest BCUT2D eigenvalue weighted by atomic mass is 16.5. The summed E-state index contributed by atoms with van der Waals surface area (Å²) in [4.78, 5) is 0. The van der Waals surface area contributed by atoms with Gasteiger partial charge >= 0.3 is 0 Å². The highest BCUT2D eigenvalue weighted by Gasteiger charge is 2.04. The van der Waals surface area contributed by atoms with E-state index in [1.807, 2.05) is 62.4 Å². The second-order valence-corrected chi connectivity index (χ2v) is 4.41. The van der Waals surface area contributed by atoms with Crippen LogP contribution in [0.1, 0.15) is 13.8 Å². The summed E-state index contributed by atoms with van der Waals surface area (Å²) in [5, 5.41) is 3.32. The summed E-state index contributed by atoms with van der Waals surface area (Å²) < 4.78 is 5.75. The van der Waals surface area contributed by atoms with Crippen molar-refractivity contribution in [3.05, 3.63) is 48.5 Å². The van der Waals surface area contributed by atoms with Crippen LogP contribution in [0.25, 0.3) is 0 Å². The number of para-hydroxylation sites is 2. The lowest BCUT2D eigenvalue weighted by molar-refractivity contribution is 0.244. The van der Waals surface area contributed by atoms with Crippen LogP contribution in [0, 0.1) is 0 Å². The molecule has 3 nitrogen and oxygen atoms in total. The van der Waals surface area contributed by atoms with E-state index in [9.17, 15) is 0 Å². The molecule has 0 saturated carbocycles. The molecule has 2 aromatic rings. The van der Waals surface area contributed by atoms with E-state index < -0.39 is 0 Å². The molecule has 3 N–H and O–H groups in total. The molecule has 0 radical (unpaired) electrons. The van der Waals surface area contributed by atoms with Crippen LogP contribution in [0.2, 0.25) is 0 Å². The van der Waals surface area contributed by atoms with Crippen molar-refractivity contribution >= 4 is 17.1 Å². The number of hydrogen-bond donors (Lipinski definition) is 2. The minimum absolute atomic E-state index is 0.152. The van der Waals surface area contributed by atoms with E-state index in [0.29, 0.717) is 0 Å². The van der Waals surface area contributed by atoms with E-state index in [-0.39, 0.29) is 6.10 Å². The van der Waals surface area contributed by atoms with Gasteiger partial charge in [0.2, 0.25) is 0 Å². The number of nitrogen functional groups attached to an aromatic ring is 1. The maximum absolute atomic E-state index is 5.75. The van der Waals surface area contributed by atoms with Crippen LogP contribution in [-0.4, -0.2) is 6.10 Å². The molecule has 0 heterocycles. The molecule has 0 spiro atoms. The van der Waals surface area contributed by atoms with Gasteiger partial charge in [-0.05, 0) is 50.2 Å². The monoisotopic (exact) mass is 242 g/mol. The lowest BCUT2D eigenvalue weighted by atomic mass is 10.2. The lowest BCUT2D eigenvalue weighted by Crippen LogP contribution is -2.07. The van der Waals surface area contributed by atoms with Crippen LogP contribution in [0.15, 0.2) is 48.5 Å². The van der Waals surface area contributed by atoms with Gasteiger partial charge in [0.15, 0.2) is 0 Å². The molecule has 94 valence electrons. The summed E-state index contributed by atoms with van der Waals surface area (Å²) >= 11 is 0. The average molecular weight is 242 g/mol. The van der Waals surface area contributed by atoms with Gasteiger partial charge in [-0.2, -0.15) is 0 Å². The van der Waals surface area contributed by atoms with Crippen LogP contribution in [0.3, 0.4) is 0 Å². The van der Waals surface area contributed by atoms with E-state index in [2.05, 4.69) is 5.32 Å². The van der Waals surface area contributed by atoms with E-state index in [0.717, 1.165) is 22.8 Å². The summed E-state index contributed by atoms with van der Waals surface area (Å²) in [6.45, 7) is 4.03. The van der Waals surface area contributed by atoms with Gasteiger partial charge in [-0.1, -0.05) is 12.1 Å². The number of nitrogens with one attached hydrogen (secondary N) is 1. The van der Waals surface area contributed by atoms with Gasteiger partial charge in [0.05, 0.1) is 11.8 Å². The Hall–Kier alpha value is -2.16. The fraction of sp³-hybridized carbons (Fsp3) is 0.200. The molecule has 0 amide bonds. The summed E-state index contributed by atoms with van der Waals surface area (Å²) in [6, 6.07) is 15.5. The largest absolute Gasteiger partial charge is 0.489 e. The molecule has 0 unspecified atom stereocenters. The number of hydrogen-bond acceptors (Lipinski definition) is 3. The molecule has 0 aliphatic heterocycles. The number of benzene rings is 2. The molecule has 0 saturated heterocycles. The van der Waals surface area contributed by atoms with Crippen LogP contribution < -0.4 is 15.8 Å². The Labute approximate surface area is 108 Å². The zero-order valence-corrected chi connectivity index (χ0v) is 10.7. The summed E-state index contributed by atoms with van der Waals surface area (Å²) in [7, 11) is 0. The fourth-order valence-electron chi connectivity index (χ4n) is 1.65. The third-order valence-electron chi connectivity index (χ3n) is 2.44. The Morgan fingerprint density at radius 3 is 2.33 bits per heavy atom. The minimum Gasteiger partial charge on any atom is -0.489 e. The zero-order chi connectivity index (χ0) is 13.0. The molecule has 0 fully saturated rings. The minimum atomic E-state index is 0.152. The number of anilines is 3. The highest BCUT2D eigenvalue weighted by Crippen LogP contribution is 2.28. The molecule has 18 heavy (non-hydrogen) atoms. The van der Waals surface area contributed by atoms with Crippen molar-refractivity contribution in [2.24, 2.45) is 0 Å². The van der Waals surface area contributed by atoms with Gasteiger partial charge in [0, 0.05) is 11.4 Å². The van der Waals surface area contributed by atoms with Gasteiger partial charge in [-0.3, -0.25) is 0 Å². The van der Waals surface area contributed by atoms with Crippen molar-refractivity contribution in [1.29, 1.82) is 0 Å². The smallest absolute Gasteiger partial charge is 0.143 e. The average Bonchev–Trinajstić information content (AvgIpc) is 2.34. The van der Waals surface area contributed by atoms with E-state index >= 15 is 0 Å². The summed E-state index contributed by atoms with van der Waals surface area (Å²) in [6.07, 6.45) is 0.152. The highest BCUT2D eigenvalue weighted by molar-refractivity contribution is 5.67. The molecule has 0 bridgehead atoms. The first-order valence-corrected chi connectivity index (χ1v) is 6.03. The molecular formula is C15H18N2O. The fourth-order valence-corrected chi connectivity index (χ4v) is 1.65. The topological polar surface area (TPSA) is 47.3 Å². The van der Waals surface area contributed by atoms with Crippen LogP contribution in [-0.2, 0) is 0 Å². The van der Waals surface area contributed by atoms with Crippen LogP contribution in [0.5, 0.6) is 5.75 Å². The molecule has 0 atom stereocenters. The van der Waals surface area contributed by atoms with Gasteiger partial charge in [0.25, 0.3) is 0 Å². The number of ether oxygens (including phenoxy) is 1. The molecule has 2 aromatic carbocycles. The van der Waals surface area contributed by atoms with Crippen molar-refractivity contribution < 1.29 is 4.74 Å². The molecule has 0 aliphatic rings. The second-order valence-electron chi connectivity index (χ2n) is 4.41. The van der Waals surface area contributed by atoms with Crippen molar-refractivity contribution in [3.8, 4) is 5.75 Å². The Morgan fingerprint density at radius 1 is 1.00 bits per heavy atom. The summed E-state index contributed by atoms with van der Waals surface area (Å²) in [5.41, 5.74) is 8.36. The third-order valence-corrected chi connectivity index (χ3v) is 2.44. The van der Waals surface area contributed by atoms with Gasteiger partial charge < -0.3 is 15.8 Å². The van der Waals surface area contributed by atoms with E-state index in [1.54, 1.807) is 0 Å². The standard InChI is InChI=1S/C15H18N2O/c1-11(2)18-15-6-4-3-5-14(15)17-13-9-7-12(16)8-10-13/h3-11,17H,16H2,1-2H3. The number of nitrogens with two attached hydrogens (primary N) is 1. The first kappa shape index (κ1) is 12.3. The van der Waals surface area contributed by atoms with Gasteiger partial charge in [-0.25, -0.2) is 0 Å². The zero-order valence-electron chi connectivity index (χ0n) is 10.7. The number of rotatable bonds is 4. The molecular weight excluding hydrogens is 224 g/mol. The first-order valence-electron chi connectivity index (χ1n) is 6.03. The maximum atomic E-state index is 5.75. The van der Waals surface area contributed by atoms with Crippen molar-refractivity contribution in [2.45, 2.75) is 20.0 Å². The molecule has 0 aromatic heterocycles. The predicted molar refractivity (Wildman–Crippen MR) is 76.3 cm³/mol. The second kappa shape index (κ2) is 5.45. The summed E-state index contributed by atoms with van der Waals surface area (Å²) in [5.74, 6) is 0.851. The normalized spacial score (nSPS) is 10.4. The molecule has 2 rings (SSSR count). The molecule has 0 aliphatic carbocycles. The molecule has 3 heteroatoms. The van der Waals surface area contributed by atoms with Gasteiger partial charge in [0.1, 0.15) is 5.75 Å². The Balaban J connectivity index is 2.20. The lowest BCUT2D eigenvalue weighted by Gasteiger charge is -2.15. The maximum Gasteiger partial charge on any atom is 0.143 e. The third kappa shape index (κ3) is 3.17. The van der Waals surface area contributed by atoms with Crippen molar-refractivity contribution in [2.75, 3.05) is 11.1 Å². The van der Waals surface area contributed by atoms with E-state index in [4.69, 9.17) is 10.5 Å². The van der Waals surface area contributed by atoms with E-state index in [1.165, 1.54) is 0 Å². The van der Waals surface area contributed by atoms with Gasteiger partial charge in [-0.15, -0.1) is 0 Å². The SMILES string of the molecule is CC(C)Oc1ccccc1Nc1ccc(N)cc1. The Kier molecular flexibility index (Phi) is 3.72. The Morgan fingerprint density at radius 2 is 1.67 bits per heavy atom. The Bertz CT molecular complexity index is 506. The quantitative estimate of drug-likeness (QED) is 0.802. The van der Waals surface area contributed by atoms with Crippen LogP contribution >= 0.6 is 0 Å². The first-order chi connectivity index (χ1) is 8.65. The van der Waals surface area contributed by atoms with Crippen molar-refractivity contribution in [1.82, 2.24) is 0 Å². The predicted octanol–water partition coefficient (Wildman–Crippen LogP) is 3.80. The van der Waals surface area contributed by atoms with Crippen LogP contribution in [0.4, 0.5) is 17.1 Å². The van der Waals surface area contributed by atoms with Crippen molar-refractivity contribution in [3.63, 3.8) is 0 Å².